The van der Waals surface area contributed by atoms with Crippen LogP contribution in [0.2, 0.25) is 0 Å². The largest absolute Gasteiger partial charge is 0.465 e. The van der Waals surface area contributed by atoms with Crippen LogP contribution in [-0.2, 0) is 28.6 Å². The topological polar surface area (TPSA) is 82.1 Å². The van der Waals surface area contributed by atoms with Crippen molar-refractivity contribution in [2.24, 2.45) is 11.8 Å². The van der Waals surface area contributed by atoms with E-state index >= 15 is 0 Å². The van der Waals surface area contributed by atoms with E-state index in [0.29, 0.717) is 25.4 Å². The Bertz CT molecular complexity index is 971. The van der Waals surface area contributed by atoms with Gasteiger partial charge in [0, 0.05) is 18.6 Å². The van der Waals surface area contributed by atoms with Crippen LogP contribution in [0.25, 0.3) is 0 Å². The molecule has 0 aromatic rings. The molecule has 0 bridgehead atoms. The standard InChI is InChI=1S/C50H93NO6S/c1-4-5-6-24-36-47(57-49(53)39-38-44-30-20-17-21-31-44)43-58-42-28-19-26-35-46(56-48(52)37-29-40-51(2)3)34-25-18-27-41-55-50(54)45-32-22-15-13-11-9-7-8-10-12-14-16-23-33-45/h44-47H,4-43H2,1-3H3. The zero-order valence-corrected chi connectivity index (χ0v) is 39.2. The summed E-state index contributed by atoms with van der Waals surface area (Å²) in [5.41, 5.74) is 0. The predicted octanol–water partition coefficient (Wildman–Crippen LogP) is 14.0. The highest BCUT2D eigenvalue weighted by Crippen LogP contribution is 2.28. The van der Waals surface area contributed by atoms with Crippen molar-refractivity contribution in [3.8, 4) is 0 Å². The monoisotopic (exact) mass is 836 g/mol. The Morgan fingerprint density at radius 3 is 1.67 bits per heavy atom. The lowest BCUT2D eigenvalue weighted by Gasteiger charge is -2.22. The van der Waals surface area contributed by atoms with E-state index in [-0.39, 0.29) is 36.0 Å². The summed E-state index contributed by atoms with van der Waals surface area (Å²) < 4.78 is 18.0. The molecule has 0 amide bonds. The van der Waals surface area contributed by atoms with Crippen LogP contribution >= 0.6 is 11.8 Å². The molecule has 0 aromatic carbocycles. The van der Waals surface area contributed by atoms with E-state index in [4.69, 9.17) is 14.2 Å². The van der Waals surface area contributed by atoms with Crippen LogP contribution in [0.4, 0.5) is 0 Å². The van der Waals surface area contributed by atoms with E-state index in [1.807, 2.05) is 25.9 Å². The third-order valence-corrected chi connectivity index (χ3v) is 13.9. The minimum atomic E-state index is -0.0756. The number of ether oxygens (including phenoxy) is 3. The fourth-order valence-corrected chi connectivity index (χ4v) is 9.98. The van der Waals surface area contributed by atoms with Gasteiger partial charge in [0.25, 0.3) is 0 Å². The molecular weight excluding hydrogens is 743 g/mol. The minimum Gasteiger partial charge on any atom is -0.465 e. The fraction of sp³-hybridized carbons (Fsp3) is 0.940. The first-order chi connectivity index (χ1) is 28.4. The molecule has 0 radical (unpaired) electrons. The van der Waals surface area contributed by atoms with E-state index in [2.05, 4.69) is 11.8 Å². The van der Waals surface area contributed by atoms with Crippen molar-refractivity contribution in [3.63, 3.8) is 0 Å². The summed E-state index contributed by atoms with van der Waals surface area (Å²) in [6.45, 7) is 3.63. The fourth-order valence-electron chi connectivity index (χ4n) is 8.90. The van der Waals surface area contributed by atoms with Gasteiger partial charge in [-0.15, -0.1) is 0 Å². The Kier molecular flexibility index (Phi) is 34.2. The van der Waals surface area contributed by atoms with Gasteiger partial charge in [0.2, 0.25) is 0 Å². The molecule has 2 aliphatic rings. The minimum absolute atomic E-state index is 0.0113. The average molecular weight is 836 g/mol. The van der Waals surface area contributed by atoms with Gasteiger partial charge in [0.1, 0.15) is 12.2 Å². The maximum absolute atomic E-state index is 13.1. The maximum Gasteiger partial charge on any atom is 0.308 e. The second-order valence-electron chi connectivity index (χ2n) is 18.5. The summed E-state index contributed by atoms with van der Waals surface area (Å²) in [5.74, 6) is 2.70. The summed E-state index contributed by atoms with van der Waals surface area (Å²) in [6, 6.07) is 0. The first kappa shape index (κ1) is 52.9. The van der Waals surface area contributed by atoms with Crippen LogP contribution in [0.5, 0.6) is 0 Å². The van der Waals surface area contributed by atoms with Crippen molar-refractivity contribution in [2.45, 2.75) is 250 Å². The first-order valence-electron chi connectivity index (χ1n) is 25.1. The van der Waals surface area contributed by atoms with Crippen molar-refractivity contribution in [2.75, 3.05) is 38.8 Å². The third kappa shape index (κ3) is 30.7. The van der Waals surface area contributed by atoms with Gasteiger partial charge in [-0.05, 0) is 116 Å². The van der Waals surface area contributed by atoms with Gasteiger partial charge in [-0.1, -0.05) is 142 Å². The zero-order valence-electron chi connectivity index (χ0n) is 38.4. The zero-order chi connectivity index (χ0) is 41.7. The van der Waals surface area contributed by atoms with Crippen LogP contribution < -0.4 is 0 Å². The number of esters is 3. The van der Waals surface area contributed by atoms with Gasteiger partial charge < -0.3 is 19.1 Å². The van der Waals surface area contributed by atoms with Crippen molar-refractivity contribution >= 4 is 29.7 Å². The molecule has 0 aliphatic heterocycles. The molecule has 0 spiro atoms. The summed E-state index contributed by atoms with van der Waals surface area (Å²) in [4.78, 5) is 40.8. The number of nitrogens with zero attached hydrogens (tertiary/aromatic N) is 1. The molecule has 0 heterocycles. The van der Waals surface area contributed by atoms with Crippen LogP contribution in [0, 0.1) is 11.8 Å². The Balaban J connectivity index is 1.71. The van der Waals surface area contributed by atoms with Crippen molar-refractivity contribution < 1.29 is 28.6 Å². The molecule has 58 heavy (non-hydrogen) atoms. The van der Waals surface area contributed by atoms with Crippen LogP contribution in [-0.4, -0.2) is 73.8 Å². The average Bonchev–Trinajstić information content (AvgIpc) is 3.22. The summed E-state index contributed by atoms with van der Waals surface area (Å²) in [6.07, 6.45) is 40.6. The molecule has 2 fully saturated rings. The van der Waals surface area contributed by atoms with E-state index in [0.717, 1.165) is 121 Å². The molecule has 0 N–H and O–H groups in total. The molecular formula is C50H93NO6S. The van der Waals surface area contributed by atoms with Crippen LogP contribution in [0.3, 0.4) is 0 Å². The number of unbranched alkanes of at least 4 members (excludes halogenated alkanes) is 7. The molecule has 2 aliphatic carbocycles. The smallest absolute Gasteiger partial charge is 0.308 e. The second-order valence-corrected chi connectivity index (χ2v) is 19.6. The molecule has 340 valence electrons. The van der Waals surface area contributed by atoms with Gasteiger partial charge in [-0.25, -0.2) is 0 Å². The normalized spacial score (nSPS) is 18.2. The van der Waals surface area contributed by atoms with E-state index in [1.54, 1.807) is 0 Å². The van der Waals surface area contributed by atoms with Gasteiger partial charge in [0.05, 0.1) is 12.5 Å². The Hall–Kier alpha value is -1.28. The lowest BCUT2D eigenvalue weighted by molar-refractivity contribution is -0.151. The van der Waals surface area contributed by atoms with Gasteiger partial charge in [-0.3, -0.25) is 14.4 Å². The Labute approximate surface area is 362 Å². The lowest BCUT2D eigenvalue weighted by atomic mass is 9.86. The number of hydrogen-bond donors (Lipinski definition) is 0. The summed E-state index contributed by atoms with van der Waals surface area (Å²) in [5, 5.41) is 0. The molecule has 0 aromatic heterocycles. The molecule has 0 saturated heterocycles. The first-order valence-corrected chi connectivity index (χ1v) is 26.3. The predicted molar refractivity (Wildman–Crippen MR) is 245 cm³/mol. The number of rotatable bonds is 29. The van der Waals surface area contributed by atoms with E-state index < -0.39 is 0 Å². The molecule has 2 saturated carbocycles. The van der Waals surface area contributed by atoms with Crippen LogP contribution in [0.15, 0.2) is 0 Å². The number of carbonyl (C=O) groups excluding carboxylic acids is 3. The van der Waals surface area contributed by atoms with Crippen molar-refractivity contribution in [1.82, 2.24) is 4.90 Å². The number of thioether (sulfide) groups is 1. The number of carbonyl (C=O) groups is 3. The van der Waals surface area contributed by atoms with Crippen molar-refractivity contribution in [3.05, 3.63) is 0 Å². The SMILES string of the molecule is CCCCCCC(CSCCCCCC(CCCCCOC(=O)C1CCCCCCCCCCCCCC1)OC(=O)CCCN(C)C)OC(=O)CCC1CCCCC1. The molecule has 8 heteroatoms. The molecule has 7 nitrogen and oxygen atoms in total. The Morgan fingerprint density at radius 2 is 1.07 bits per heavy atom. The highest BCUT2D eigenvalue weighted by molar-refractivity contribution is 7.99. The second kappa shape index (κ2) is 37.5. The number of hydrogen-bond acceptors (Lipinski definition) is 8. The Morgan fingerprint density at radius 1 is 0.569 bits per heavy atom. The quantitative estimate of drug-likeness (QED) is 0.0419. The lowest BCUT2D eigenvalue weighted by Crippen LogP contribution is -2.22. The third-order valence-electron chi connectivity index (χ3n) is 12.7. The van der Waals surface area contributed by atoms with Gasteiger partial charge >= 0.3 is 17.9 Å². The van der Waals surface area contributed by atoms with Crippen molar-refractivity contribution in [1.29, 1.82) is 0 Å². The van der Waals surface area contributed by atoms with Gasteiger partial charge in [-0.2, -0.15) is 11.8 Å². The highest BCUT2D eigenvalue weighted by Gasteiger charge is 2.21. The summed E-state index contributed by atoms with van der Waals surface area (Å²) in [7, 11) is 4.07. The van der Waals surface area contributed by atoms with E-state index in [9.17, 15) is 14.4 Å². The molecule has 2 rings (SSSR count). The van der Waals surface area contributed by atoms with Gasteiger partial charge in [0.15, 0.2) is 0 Å². The molecule has 2 atom stereocenters. The van der Waals surface area contributed by atoms with Crippen LogP contribution in [0.1, 0.15) is 238 Å². The molecule has 2 unspecified atom stereocenters. The highest BCUT2D eigenvalue weighted by atomic mass is 32.2. The van der Waals surface area contributed by atoms with E-state index in [1.165, 1.54) is 116 Å². The maximum atomic E-state index is 13.1. The summed E-state index contributed by atoms with van der Waals surface area (Å²) >= 11 is 1.93.